The molecule has 4 unspecified atom stereocenters. The van der Waals surface area contributed by atoms with Crippen LogP contribution >= 0.6 is 0 Å². The van der Waals surface area contributed by atoms with Crippen LogP contribution in [0.5, 0.6) is 0 Å². The third-order valence-electron chi connectivity index (χ3n) is 4.61. The van der Waals surface area contributed by atoms with Crippen LogP contribution in [0.25, 0.3) is 0 Å². The second-order valence-electron chi connectivity index (χ2n) is 6.32. The molecule has 2 fully saturated rings. The summed E-state index contributed by atoms with van der Waals surface area (Å²) in [4.78, 5) is 2.56. The van der Waals surface area contributed by atoms with Crippen molar-refractivity contribution in [3.63, 3.8) is 0 Å². The Balaban J connectivity index is 1.69. The molecule has 94 valence electrons. The summed E-state index contributed by atoms with van der Waals surface area (Å²) >= 11 is 0. The van der Waals surface area contributed by atoms with Gasteiger partial charge in [-0.25, -0.2) is 0 Å². The first-order valence-corrected chi connectivity index (χ1v) is 7.02. The summed E-state index contributed by atoms with van der Waals surface area (Å²) in [5.41, 5.74) is 0. The fraction of sp³-hybridized carbons (Fsp3) is 1.00. The lowest BCUT2D eigenvalue weighted by Gasteiger charge is -2.28. The summed E-state index contributed by atoms with van der Waals surface area (Å²) in [5.74, 6) is 3.96. The van der Waals surface area contributed by atoms with Gasteiger partial charge in [-0.2, -0.15) is 0 Å². The molecule has 0 aromatic rings. The highest BCUT2D eigenvalue weighted by atomic mass is 15.1. The van der Waals surface area contributed by atoms with E-state index in [9.17, 15) is 0 Å². The maximum Gasteiger partial charge on any atom is 0.00162 e. The van der Waals surface area contributed by atoms with E-state index in [0.717, 1.165) is 30.2 Å². The molecule has 2 saturated carbocycles. The van der Waals surface area contributed by atoms with Crippen LogP contribution in [0.3, 0.4) is 0 Å². The maximum atomic E-state index is 3.27. The molecule has 0 aromatic heterocycles. The summed E-state index contributed by atoms with van der Waals surface area (Å²) in [7, 11) is 4.35. The molecular weight excluding hydrogens is 196 g/mol. The van der Waals surface area contributed by atoms with E-state index in [1.54, 1.807) is 6.42 Å². The minimum atomic E-state index is 0.772. The molecule has 16 heavy (non-hydrogen) atoms. The normalized spacial score (nSPS) is 34.9. The van der Waals surface area contributed by atoms with Crippen LogP contribution in [-0.2, 0) is 0 Å². The first kappa shape index (κ1) is 12.4. The Labute approximate surface area is 101 Å². The average Bonchev–Trinajstić information content (AvgIpc) is 2.78. The van der Waals surface area contributed by atoms with Crippen molar-refractivity contribution in [3.05, 3.63) is 0 Å². The van der Waals surface area contributed by atoms with Gasteiger partial charge in [-0.3, -0.25) is 0 Å². The van der Waals surface area contributed by atoms with Gasteiger partial charge in [-0.15, -0.1) is 0 Å². The summed E-state index contributed by atoms with van der Waals surface area (Å²) < 4.78 is 0. The third-order valence-corrected chi connectivity index (χ3v) is 4.61. The van der Waals surface area contributed by atoms with Gasteiger partial charge in [0.2, 0.25) is 0 Å². The Hall–Kier alpha value is -0.0800. The number of nitrogens with one attached hydrogen (secondary N) is 1. The van der Waals surface area contributed by atoms with Gasteiger partial charge >= 0.3 is 0 Å². The second kappa shape index (κ2) is 5.50. The Bertz CT molecular complexity index is 217. The maximum absolute atomic E-state index is 3.27. The minimum absolute atomic E-state index is 0.772. The first-order chi connectivity index (χ1) is 7.69. The molecule has 2 aliphatic carbocycles. The van der Waals surface area contributed by atoms with Gasteiger partial charge in [0.1, 0.15) is 0 Å². The third kappa shape index (κ3) is 2.98. The molecule has 0 amide bonds. The van der Waals surface area contributed by atoms with E-state index in [1.165, 1.54) is 32.4 Å². The molecule has 2 aliphatic rings. The van der Waals surface area contributed by atoms with Crippen molar-refractivity contribution in [3.8, 4) is 0 Å². The Morgan fingerprint density at radius 1 is 1.31 bits per heavy atom. The highest BCUT2D eigenvalue weighted by Crippen LogP contribution is 2.48. The zero-order valence-electron chi connectivity index (χ0n) is 11.2. The van der Waals surface area contributed by atoms with Gasteiger partial charge in [-0.1, -0.05) is 13.3 Å². The fourth-order valence-corrected chi connectivity index (χ4v) is 4.02. The van der Waals surface area contributed by atoms with Crippen molar-refractivity contribution in [2.24, 2.45) is 23.7 Å². The molecule has 2 heteroatoms. The van der Waals surface area contributed by atoms with E-state index in [1.807, 2.05) is 7.05 Å². The Morgan fingerprint density at radius 3 is 2.69 bits per heavy atom. The van der Waals surface area contributed by atoms with Crippen molar-refractivity contribution in [2.75, 3.05) is 33.7 Å². The smallest absolute Gasteiger partial charge is 0.00162 e. The molecule has 2 rings (SSSR count). The minimum Gasteiger partial charge on any atom is -0.319 e. The number of hydrogen-bond donors (Lipinski definition) is 1. The van der Waals surface area contributed by atoms with Gasteiger partial charge < -0.3 is 10.2 Å². The quantitative estimate of drug-likeness (QED) is 0.744. The van der Waals surface area contributed by atoms with Crippen LogP contribution in [0, 0.1) is 23.7 Å². The molecule has 0 aliphatic heterocycles. The number of fused-ring (bicyclic) bond motifs is 2. The standard InChI is InChI=1S/C14H28N2/c1-11(8-15-2)9-16(3)10-14-7-12-4-5-13(14)6-12/h11-15H,4-10H2,1-3H3. The summed E-state index contributed by atoms with van der Waals surface area (Å²) in [6.07, 6.45) is 6.12. The molecular formula is C14H28N2. The lowest BCUT2D eigenvalue weighted by Crippen LogP contribution is -2.34. The van der Waals surface area contributed by atoms with Crippen molar-refractivity contribution >= 4 is 0 Å². The van der Waals surface area contributed by atoms with Crippen molar-refractivity contribution in [1.82, 2.24) is 10.2 Å². The lowest BCUT2D eigenvalue weighted by atomic mass is 9.88. The highest BCUT2D eigenvalue weighted by molar-refractivity contribution is 4.91. The van der Waals surface area contributed by atoms with E-state index in [4.69, 9.17) is 0 Å². The number of rotatable bonds is 6. The molecule has 2 bridgehead atoms. The molecule has 0 radical (unpaired) electrons. The SMILES string of the molecule is CNCC(C)CN(C)CC1CC2CCC1C2. The molecule has 0 saturated heterocycles. The zero-order chi connectivity index (χ0) is 11.5. The largest absolute Gasteiger partial charge is 0.319 e. The van der Waals surface area contributed by atoms with E-state index in [-0.39, 0.29) is 0 Å². The number of hydrogen-bond acceptors (Lipinski definition) is 2. The monoisotopic (exact) mass is 224 g/mol. The van der Waals surface area contributed by atoms with Gasteiger partial charge in [0.25, 0.3) is 0 Å². The van der Waals surface area contributed by atoms with Crippen LogP contribution in [0.4, 0.5) is 0 Å². The predicted molar refractivity (Wildman–Crippen MR) is 69.5 cm³/mol. The highest BCUT2D eigenvalue weighted by Gasteiger charge is 2.39. The van der Waals surface area contributed by atoms with Crippen LogP contribution in [0.1, 0.15) is 32.6 Å². The van der Waals surface area contributed by atoms with E-state index < -0.39 is 0 Å². The molecule has 0 heterocycles. The van der Waals surface area contributed by atoms with Crippen molar-refractivity contribution in [1.29, 1.82) is 0 Å². The second-order valence-corrected chi connectivity index (χ2v) is 6.32. The molecule has 0 aromatic carbocycles. The van der Waals surface area contributed by atoms with Gasteiger partial charge in [0, 0.05) is 13.1 Å². The molecule has 1 N–H and O–H groups in total. The number of nitrogens with zero attached hydrogens (tertiary/aromatic N) is 1. The topological polar surface area (TPSA) is 15.3 Å². The van der Waals surface area contributed by atoms with Crippen LogP contribution in [0.15, 0.2) is 0 Å². The van der Waals surface area contributed by atoms with Gasteiger partial charge in [-0.05, 0) is 63.6 Å². The first-order valence-electron chi connectivity index (χ1n) is 7.02. The Morgan fingerprint density at radius 2 is 2.12 bits per heavy atom. The van der Waals surface area contributed by atoms with Crippen LogP contribution < -0.4 is 5.32 Å². The summed E-state index contributed by atoms with van der Waals surface area (Å²) in [6.45, 7) is 6.07. The molecule has 2 nitrogen and oxygen atoms in total. The summed E-state index contributed by atoms with van der Waals surface area (Å²) in [5, 5.41) is 3.27. The molecule has 0 spiro atoms. The van der Waals surface area contributed by atoms with Crippen LogP contribution in [-0.4, -0.2) is 38.6 Å². The van der Waals surface area contributed by atoms with Crippen LogP contribution in [0.2, 0.25) is 0 Å². The van der Waals surface area contributed by atoms with E-state index in [0.29, 0.717) is 0 Å². The van der Waals surface area contributed by atoms with Gasteiger partial charge in [0.15, 0.2) is 0 Å². The zero-order valence-corrected chi connectivity index (χ0v) is 11.2. The predicted octanol–water partition coefficient (Wildman–Crippen LogP) is 2.21. The van der Waals surface area contributed by atoms with Gasteiger partial charge in [0.05, 0.1) is 0 Å². The summed E-state index contributed by atoms with van der Waals surface area (Å²) in [6, 6.07) is 0. The Kier molecular flexibility index (Phi) is 4.26. The average molecular weight is 224 g/mol. The molecule has 4 atom stereocenters. The lowest BCUT2D eigenvalue weighted by molar-refractivity contribution is 0.200. The van der Waals surface area contributed by atoms with E-state index in [2.05, 4.69) is 24.2 Å². The van der Waals surface area contributed by atoms with Crippen molar-refractivity contribution in [2.45, 2.75) is 32.6 Å². The van der Waals surface area contributed by atoms with E-state index >= 15 is 0 Å². The van der Waals surface area contributed by atoms with Crippen molar-refractivity contribution < 1.29 is 0 Å². The fourth-order valence-electron chi connectivity index (χ4n) is 4.02.